The zero-order valence-corrected chi connectivity index (χ0v) is 43.6. The largest absolute Gasteiger partial charge is 0.482 e. The highest BCUT2D eigenvalue weighted by molar-refractivity contribution is 6.66. The Morgan fingerprint density at radius 3 is 1.33 bits per heavy atom. The average molecular weight is 1060 g/mol. The van der Waals surface area contributed by atoms with Gasteiger partial charge in [-0.15, -0.1) is 0 Å². The number of aromatic nitrogens is 4. The number of hydrogen-bond acceptors (Lipinski definition) is 13. The summed E-state index contributed by atoms with van der Waals surface area (Å²) in [5.41, 5.74) is 9.87. The Labute approximate surface area is 437 Å². The fourth-order valence-electron chi connectivity index (χ4n) is 6.19. The van der Waals surface area contributed by atoms with Crippen LogP contribution in [0.15, 0.2) is 123 Å². The number of rotatable bonds is 15. The van der Waals surface area contributed by atoms with Gasteiger partial charge >= 0.3 is 11.9 Å². The van der Waals surface area contributed by atoms with Crippen molar-refractivity contribution in [2.75, 3.05) is 34.9 Å². The van der Waals surface area contributed by atoms with Crippen LogP contribution in [0.1, 0.15) is 73.6 Å². The highest BCUT2D eigenvalue weighted by Gasteiger charge is 2.20. The molecular formula is C52H55Cl3N8O10. The molecule has 18 nitrogen and oxygen atoms in total. The van der Waals surface area contributed by atoms with Crippen molar-refractivity contribution >= 4 is 92.5 Å². The summed E-state index contributed by atoms with van der Waals surface area (Å²) in [5.74, 6) is -1.00. The molecule has 0 bridgehead atoms. The van der Waals surface area contributed by atoms with Gasteiger partial charge in [0.2, 0.25) is 11.1 Å². The molecule has 0 fully saturated rings. The summed E-state index contributed by atoms with van der Waals surface area (Å²) in [6, 6.07) is 23.5. The van der Waals surface area contributed by atoms with E-state index < -0.39 is 34.3 Å². The number of carbonyl (C=O) groups is 6. The van der Waals surface area contributed by atoms with Crippen molar-refractivity contribution in [3.8, 4) is 22.9 Å². The molecule has 3 amide bonds. The second kappa shape index (κ2) is 26.0. The first-order chi connectivity index (χ1) is 34.2. The molecule has 73 heavy (non-hydrogen) atoms. The molecule has 0 saturated heterocycles. The number of allylic oxidation sites excluding steroid dienone is 1. The number of carbonyl (C=O) groups excluding carboxylic acids is 6. The number of esters is 2. The molecule has 6 aromatic rings. The van der Waals surface area contributed by atoms with Gasteiger partial charge in [-0.05, 0) is 164 Å². The van der Waals surface area contributed by atoms with Crippen LogP contribution in [0.25, 0.3) is 11.4 Å². The van der Waals surface area contributed by atoms with Crippen LogP contribution in [0.3, 0.4) is 0 Å². The number of nitrogen functional groups attached to an aromatic ring is 1. The predicted octanol–water partition coefficient (Wildman–Crippen LogP) is 10.3. The Hall–Kier alpha value is -7.93. The minimum absolute atomic E-state index is 0.185. The third-order valence-corrected chi connectivity index (χ3v) is 9.76. The first-order valence-corrected chi connectivity index (χ1v) is 23.1. The van der Waals surface area contributed by atoms with E-state index in [0.717, 1.165) is 17.8 Å². The molecule has 384 valence electrons. The monoisotopic (exact) mass is 1060 g/mol. The molecule has 2 aromatic heterocycles. The number of nitrogens with zero attached hydrogens (tertiary/aromatic N) is 4. The summed E-state index contributed by atoms with van der Waals surface area (Å²) in [6.45, 7) is 20.4. The number of amides is 3. The smallest absolute Gasteiger partial charge is 0.344 e. The maximum absolute atomic E-state index is 12.9. The van der Waals surface area contributed by atoms with Gasteiger partial charge in [-0.25, -0.2) is 19.0 Å². The number of halogens is 3. The first-order valence-electron chi connectivity index (χ1n) is 22.0. The Kier molecular flexibility index (Phi) is 20.5. The number of benzene rings is 4. The van der Waals surface area contributed by atoms with E-state index in [1.54, 1.807) is 150 Å². The van der Waals surface area contributed by atoms with E-state index in [-0.39, 0.29) is 25.0 Å². The summed E-state index contributed by atoms with van der Waals surface area (Å²) >= 11 is 16.8. The maximum atomic E-state index is 12.9. The fourth-order valence-corrected chi connectivity index (χ4v) is 6.67. The van der Waals surface area contributed by atoms with Crippen LogP contribution in [-0.4, -0.2) is 78.9 Å². The van der Waals surface area contributed by atoms with Crippen LogP contribution in [0.5, 0.6) is 11.5 Å². The molecule has 6 rings (SSSR count). The standard InChI is InChI=1S/C26H27ClN4O5.C23H25ClN4O4.C3H3ClO/c1-6-23(32)29-18-11-17(27)12-19(13-18)30-25(34)22-14-28-31(16(22)2)20-7-9-21(10-8-20)35-15-24(33)36-26(3,4)5;1-14-20(22(30)27-17-10-15(24)9-16(25)11-17)12-26-28(14)18-5-7-19(8-6-18)31-13-21(29)32-23(2,3)4;1-2-3(4)5/h6-14H,1,15H2,2-5H3,(H,29,32)(H,30,34);5-12H,13,25H2,1-4H3,(H,27,30);2H,1H2. The van der Waals surface area contributed by atoms with Crippen molar-refractivity contribution in [2.45, 2.75) is 66.6 Å². The van der Waals surface area contributed by atoms with Gasteiger partial charge in [-0.3, -0.25) is 19.2 Å². The van der Waals surface area contributed by atoms with Gasteiger partial charge < -0.3 is 40.6 Å². The van der Waals surface area contributed by atoms with E-state index in [1.165, 1.54) is 12.4 Å². The zero-order valence-electron chi connectivity index (χ0n) is 41.3. The van der Waals surface area contributed by atoms with Crippen molar-refractivity contribution in [2.24, 2.45) is 0 Å². The molecule has 0 saturated carbocycles. The lowest BCUT2D eigenvalue weighted by molar-refractivity contribution is -0.158. The lowest BCUT2D eigenvalue weighted by Crippen LogP contribution is -2.27. The Balaban J connectivity index is 0.000000291. The van der Waals surface area contributed by atoms with Gasteiger partial charge in [0.1, 0.15) is 22.7 Å². The number of anilines is 4. The molecular weight excluding hydrogens is 1000 g/mol. The molecule has 0 unspecified atom stereocenters. The van der Waals surface area contributed by atoms with Crippen LogP contribution in [0.2, 0.25) is 10.0 Å². The number of hydrogen-bond donors (Lipinski definition) is 4. The molecule has 4 aromatic carbocycles. The van der Waals surface area contributed by atoms with Gasteiger partial charge in [0, 0.05) is 32.8 Å². The Morgan fingerprint density at radius 2 is 0.973 bits per heavy atom. The van der Waals surface area contributed by atoms with Gasteiger partial charge in [-0.1, -0.05) is 36.4 Å². The average Bonchev–Trinajstić information content (AvgIpc) is 3.88. The Bertz CT molecular complexity index is 2950. The highest BCUT2D eigenvalue weighted by atomic mass is 35.5. The number of ether oxygens (including phenoxy) is 4. The second-order valence-corrected chi connectivity index (χ2v) is 18.7. The van der Waals surface area contributed by atoms with E-state index >= 15 is 0 Å². The first kappa shape index (κ1) is 57.6. The lowest BCUT2D eigenvalue weighted by Gasteiger charge is -2.19. The van der Waals surface area contributed by atoms with Crippen molar-refractivity contribution in [1.29, 1.82) is 0 Å². The van der Waals surface area contributed by atoms with Crippen LogP contribution in [0, 0.1) is 13.8 Å². The van der Waals surface area contributed by atoms with E-state index in [0.29, 0.717) is 72.5 Å². The van der Waals surface area contributed by atoms with Crippen molar-refractivity contribution in [3.05, 3.63) is 155 Å². The van der Waals surface area contributed by atoms with Gasteiger partial charge in [-0.2, -0.15) is 10.2 Å². The third-order valence-electron chi connectivity index (χ3n) is 9.17. The van der Waals surface area contributed by atoms with Crippen molar-refractivity contribution in [1.82, 2.24) is 19.6 Å². The molecule has 5 N–H and O–H groups in total. The second-order valence-electron chi connectivity index (χ2n) is 17.5. The number of nitrogens with two attached hydrogens (primary N) is 1. The molecule has 0 aliphatic heterocycles. The Morgan fingerprint density at radius 1 is 0.603 bits per heavy atom. The normalized spacial score (nSPS) is 10.7. The van der Waals surface area contributed by atoms with E-state index in [4.69, 9.17) is 59.5 Å². The van der Waals surface area contributed by atoms with E-state index in [2.05, 4.69) is 39.3 Å². The zero-order chi connectivity index (χ0) is 54.2. The minimum Gasteiger partial charge on any atom is -0.482 e. The summed E-state index contributed by atoms with van der Waals surface area (Å²) < 4.78 is 24.7. The molecule has 0 aliphatic rings. The van der Waals surface area contributed by atoms with Gasteiger partial charge in [0.15, 0.2) is 13.2 Å². The van der Waals surface area contributed by atoms with Crippen LogP contribution in [-0.2, 0) is 28.7 Å². The quantitative estimate of drug-likeness (QED) is 0.0325. The number of nitrogens with one attached hydrogen (secondary N) is 3. The predicted molar refractivity (Wildman–Crippen MR) is 282 cm³/mol. The lowest BCUT2D eigenvalue weighted by atomic mass is 10.2. The maximum Gasteiger partial charge on any atom is 0.344 e. The molecule has 0 radical (unpaired) electrons. The van der Waals surface area contributed by atoms with Crippen LogP contribution < -0.4 is 31.2 Å². The van der Waals surface area contributed by atoms with E-state index in [9.17, 15) is 28.8 Å². The van der Waals surface area contributed by atoms with Gasteiger partial charge in [0.25, 0.3) is 11.8 Å². The van der Waals surface area contributed by atoms with Crippen LogP contribution in [0.4, 0.5) is 22.7 Å². The van der Waals surface area contributed by atoms with Crippen LogP contribution >= 0.6 is 34.8 Å². The summed E-state index contributed by atoms with van der Waals surface area (Å²) in [7, 11) is 0. The van der Waals surface area contributed by atoms with Crippen molar-refractivity contribution < 1.29 is 47.7 Å². The molecule has 21 heteroatoms. The molecule has 0 spiro atoms. The molecule has 0 atom stereocenters. The third kappa shape index (κ3) is 19.0. The minimum atomic E-state index is -0.581. The summed E-state index contributed by atoms with van der Waals surface area (Å²) in [5, 5.41) is 17.1. The molecule has 0 aliphatic carbocycles. The summed E-state index contributed by atoms with van der Waals surface area (Å²) in [4.78, 5) is 70.2. The topological polar surface area (TPSA) is 237 Å². The summed E-state index contributed by atoms with van der Waals surface area (Å²) in [6.07, 6.45) is 5.13. The van der Waals surface area contributed by atoms with Crippen molar-refractivity contribution in [3.63, 3.8) is 0 Å². The van der Waals surface area contributed by atoms with Gasteiger partial charge in [0.05, 0.1) is 46.3 Å². The SMILES string of the molecule is C=CC(=O)Cl.C=CC(=O)Nc1cc(Cl)cc(NC(=O)c2cnn(-c3ccc(OCC(=O)OC(C)(C)C)cc3)c2C)c1.Cc1c(C(=O)Nc2cc(N)cc(Cl)c2)cnn1-c1ccc(OCC(=O)OC(C)(C)C)cc1. The fraction of sp³-hybridized carbons (Fsp3) is 0.231. The highest BCUT2D eigenvalue weighted by Crippen LogP contribution is 2.26. The van der Waals surface area contributed by atoms with E-state index in [1.807, 2.05) is 0 Å². The molecule has 2 heterocycles.